The molecule has 2 heterocycles. The normalized spacial score (nSPS) is 22.6. The SMILES string of the molecule is O=C(OCC(=O)N(C1CCCC1)[C@H]1CCS(=O)(=O)C1)c1ccncc1. The van der Waals surface area contributed by atoms with Crippen LogP contribution in [-0.2, 0) is 19.4 Å². The summed E-state index contributed by atoms with van der Waals surface area (Å²) in [5.41, 5.74) is 0.332. The fraction of sp³-hybridized carbons (Fsp3) is 0.588. The largest absolute Gasteiger partial charge is 0.452 e. The second kappa shape index (κ2) is 7.51. The standard InChI is InChI=1S/C17H22N2O5S/c20-16(11-24-17(21)13-5-8-18-9-6-13)19(14-3-1-2-4-14)15-7-10-25(22,23)12-15/h5-6,8-9,14-15H,1-4,7,10-12H2/t15-/m0/s1. The average molecular weight is 366 g/mol. The van der Waals surface area contributed by atoms with Crippen LogP contribution in [0.5, 0.6) is 0 Å². The molecule has 0 N–H and O–H groups in total. The highest BCUT2D eigenvalue weighted by atomic mass is 32.2. The van der Waals surface area contributed by atoms with Gasteiger partial charge in [-0.2, -0.15) is 0 Å². The summed E-state index contributed by atoms with van der Waals surface area (Å²) in [4.78, 5) is 30.2. The molecule has 8 heteroatoms. The zero-order valence-corrected chi connectivity index (χ0v) is 14.8. The molecule has 1 aromatic rings. The molecule has 1 amide bonds. The highest BCUT2D eigenvalue weighted by Crippen LogP contribution is 2.29. The van der Waals surface area contributed by atoms with Crippen LogP contribution in [0.3, 0.4) is 0 Å². The summed E-state index contributed by atoms with van der Waals surface area (Å²) in [6, 6.07) is 2.78. The van der Waals surface area contributed by atoms with Crippen molar-refractivity contribution in [3.05, 3.63) is 30.1 Å². The molecule has 1 aromatic heterocycles. The maximum absolute atomic E-state index is 12.7. The first kappa shape index (κ1) is 17.8. The lowest BCUT2D eigenvalue weighted by molar-refractivity contribution is -0.139. The average Bonchev–Trinajstić information content (AvgIpc) is 3.24. The van der Waals surface area contributed by atoms with Crippen molar-refractivity contribution in [2.75, 3.05) is 18.1 Å². The number of ether oxygens (including phenoxy) is 1. The van der Waals surface area contributed by atoms with Crippen LogP contribution in [-0.4, -0.2) is 60.4 Å². The molecule has 3 rings (SSSR count). The van der Waals surface area contributed by atoms with Gasteiger partial charge in [0.25, 0.3) is 5.91 Å². The molecular weight excluding hydrogens is 344 g/mol. The molecule has 1 atom stereocenters. The van der Waals surface area contributed by atoms with Gasteiger partial charge in [0, 0.05) is 24.5 Å². The second-order valence-electron chi connectivity index (χ2n) is 6.61. The Morgan fingerprint density at radius 3 is 2.40 bits per heavy atom. The Bertz CT molecular complexity index is 729. The summed E-state index contributed by atoms with van der Waals surface area (Å²) in [6.07, 6.45) is 7.23. The van der Waals surface area contributed by atoms with Gasteiger partial charge < -0.3 is 9.64 Å². The Balaban J connectivity index is 1.66. The van der Waals surface area contributed by atoms with Gasteiger partial charge in [0.2, 0.25) is 0 Å². The van der Waals surface area contributed by atoms with Crippen LogP contribution in [0.15, 0.2) is 24.5 Å². The summed E-state index contributed by atoms with van der Waals surface area (Å²) in [5, 5.41) is 0. The van der Waals surface area contributed by atoms with Gasteiger partial charge in [-0.05, 0) is 31.4 Å². The molecule has 2 aliphatic rings. The lowest BCUT2D eigenvalue weighted by Crippen LogP contribution is -2.48. The predicted molar refractivity (Wildman–Crippen MR) is 90.7 cm³/mol. The molecule has 0 spiro atoms. The summed E-state index contributed by atoms with van der Waals surface area (Å²) >= 11 is 0. The number of nitrogens with zero attached hydrogens (tertiary/aromatic N) is 2. The number of hydrogen-bond acceptors (Lipinski definition) is 6. The van der Waals surface area contributed by atoms with Gasteiger partial charge in [-0.3, -0.25) is 9.78 Å². The van der Waals surface area contributed by atoms with Crippen molar-refractivity contribution in [1.29, 1.82) is 0 Å². The molecule has 1 saturated carbocycles. The molecule has 25 heavy (non-hydrogen) atoms. The van der Waals surface area contributed by atoms with Crippen LogP contribution in [0.25, 0.3) is 0 Å². The van der Waals surface area contributed by atoms with Crippen molar-refractivity contribution in [3.8, 4) is 0 Å². The number of esters is 1. The Labute approximate surface area is 147 Å². The summed E-state index contributed by atoms with van der Waals surface area (Å²) < 4.78 is 28.7. The maximum Gasteiger partial charge on any atom is 0.338 e. The lowest BCUT2D eigenvalue weighted by atomic mass is 10.1. The molecule has 2 fully saturated rings. The molecule has 1 saturated heterocycles. The number of aromatic nitrogens is 1. The van der Waals surface area contributed by atoms with Gasteiger partial charge in [0.15, 0.2) is 16.4 Å². The number of carbonyl (C=O) groups excluding carboxylic acids is 2. The van der Waals surface area contributed by atoms with E-state index in [9.17, 15) is 18.0 Å². The highest BCUT2D eigenvalue weighted by molar-refractivity contribution is 7.91. The number of pyridine rings is 1. The molecule has 1 aliphatic heterocycles. The van der Waals surface area contributed by atoms with Crippen molar-refractivity contribution < 1.29 is 22.7 Å². The summed E-state index contributed by atoms with van der Waals surface area (Å²) in [7, 11) is -3.09. The van der Waals surface area contributed by atoms with Gasteiger partial charge in [-0.25, -0.2) is 13.2 Å². The molecule has 136 valence electrons. The third-order valence-electron chi connectivity index (χ3n) is 4.85. The third kappa shape index (κ3) is 4.36. The fourth-order valence-electron chi connectivity index (χ4n) is 3.66. The van der Waals surface area contributed by atoms with E-state index in [1.165, 1.54) is 24.5 Å². The third-order valence-corrected chi connectivity index (χ3v) is 6.60. The van der Waals surface area contributed by atoms with E-state index in [0.29, 0.717) is 12.0 Å². The van der Waals surface area contributed by atoms with E-state index in [4.69, 9.17) is 4.74 Å². The molecule has 0 unspecified atom stereocenters. The molecule has 7 nitrogen and oxygen atoms in total. The lowest BCUT2D eigenvalue weighted by Gasteiger charge is -2.33. The number of hydrogen-bond donors (Lipinski definition) is 0. The zero-order chi connectivity index (χ0) is 17.9. The molecule has 0 bridgehead atoms. The number of rotatable bonds is 5. The van der Waals surface area contributed by atoms with Crippen LogP contribution in [0.1, 0.15) is 42.5 Å². The Kier molecular flexibility index (Phi) is 5.36. The Morgan fingerprint density at radius 1 is 1.12 bits per heavy atom. The smallest absolute Gasteiger partial charge is 0.338 e. The van der Waals surface area contributed by atoms with E-state index < -0.39 is 15.8 Å². The van der Waals surface area contributed by atoms with Gasteiger partial charge in [0.1, 0.15) is 0 Å². The van der Waals surface area contributed by atoms with Gasteiger partial charge in [-0.1, -0.05) is 12.8 Å². The van der Waals surface area contributed by atoms with Crippen LogP contribution >= 0.6 is 0 Å². The van der Waals surface area contributed by atoms with Crippen molar-refractivity contribution in [3.63, 3.8) is 0 Å². The van der Waals surface area contributed by atoms with E-state index in [2.05, 4.69) is 4.98 Å². The number of amides is 1. The number of sulfone groups is 1. The zero-order valence-electron chi connectivity index (χ0n) is 14.0. The van der Waals surface area contributed by atoms with Crippen LogP contribution < -0.4 is 0 Å². The van der Waals surface area contributed by atoms with Crippen LogP contribution in [0, 0.1) is 0 Å². The molecular formula is C17H22N2O5S. The minimum atomic E-state index is -3.09. The Morgan fingerprint density at radius 2 is 1.80 bits per heavy atom. The van der Waals surface area contributed by atoms with E-state index in [1.54, 1.807) is 4.90 Å². The quantitative estimate of drug-likeness (QED) is 0.727. The van der Waals surface area contributed by atoms with Crippen molar-refractivity contribution in [1.82, 2.24) is 9.88 Å². The minimum absolute atomic E-state index is 0.00748. The van der Waals surface area contributed by atoms with Gasteiger partial charge >= 0.3 is 5.97 Å². The van der Waals surface area contributed by atoms with Crippen molar-refractivity contribution >= 4 is 21.7 Å². The maximum atomic E-state index is 12.7. The highest BCUT2D eigenvalue weighted by Gasteiger charge is 2.39. The van der Waals surface area contributed by atoms with Gasteiger partial charge in [-0.15, -0.1) is 0 Å². The van der Waals surface area contributed by atoms with Crippen molar-refractivity contribution in [2.24, 2.45) is 0 Å². The van der Waals surface area contributed by atoms with Crippen LogP contribution in [0.4, 0.5) is 0 Å². The first-order valence-electron chi connectivity index (χ1n) is 8.55. The number of carbonyl (C=O) groups is 2. The fourth-order valence-corrected chi connectivity index (χ4v) is 5.37. The van der Waals surface area contributed by atoms with Crippen molar-refractivity contribution in [2.45, 2.75) is 44.2 Å². The summed E-state index contributed by atoms with van der Waals surface area (Å²) in [6.45, 7) is -0.367. The first-order chi connectivity index (χ1) is 12.0. The minimum Gasteiger partial charge on any atom is -0.452 e. The van der Waals surface area contributed by atoms with Gasteiger partial charge in [0.05, 0.1) is 17.1 Å². The predicted octanol–water partition coefficient (Wildman–Crippen LogP) is 1.20. The van der Waals surface area contributed by atoms with E-state index in [1.807, 2.05) is 0 Å². The van der Waals surface area contributed by atoms with Crippen LogP contribution in [0.2, 0.25) is 0 Å². The summed E-state index contributed by atoms with van der Waals surface area (Å²) in [5.74, 6) is -0.768. The first-order valence-corrected chi connectivity index (χ1v) is 10.4. The molecule has 0 aromatic carbocycles. The molecule has 0 radical (unpaired) electrons. The topological polar surface area (TPSA) is 93.6 Å². The van der Waals surface area contributed by atoms with E-state index in [0.717, 1.165) is 25.7 Å². The van der Waals surface area contributed by atoms with E-state index >= 15 is 0 Å². The van der Waals surface area contributed by atoms with E-state index in [-0.39, 0.29) is 36.1 Å². The Hall–Kier alpha value is -1.96. The second-order valence-corrected chi connectivity index (χ2v) is 8.84. The monoisotopic (exact) mass is 366 g/mol. The molecule has 1 aliphatic carbocycles.